The molecule has 18 heavy (non-hydrogen) atoms. The van der Waals surface area contributed by atoms with E-state index in [-0.39, 0.29) is 0 Å². The first-order chi connectivity index (χ1) is 8.77. The second-order valence-electron chi connectivity index (χ2n) is 4.14. The molecule has 0 atom stereocenters. The van der Waals surface area contributed by atoms with Gasteiger partial charge >= 0.3 is 0 Å². The van der Waals surface area contributed by atoms with Gasteiger partial charge in [0.1, 0.15) is 5.75 Å². The summed E-state index contributed by atoms with van der Waals surface area (Å²) in [6.45, 7) is 1.91. The highest BCUT2D eigenvalue weighted by molar-refractivity contribution is 6.32. The molecular formula is C13H18ClNO3. The first kappa shape index (κ1) is 13.3. The van der Waals surface area contributed by atoms with E-state index in [0.717, 1.165) is 30.6 Å². The van der Waals surface area contributed by atoms with Crippen LogP contribution in [0.25, 0.3) is 0 Å². The number of hydrogen-bond acceptors (Lipinski definition) is 4. The molecule has 1 aromatic carbocycles. The third kappa shape index (κ3) is 2.65. The zero-order valence-corrected chi connectivity index (χ0v) is 11.3. The van der Waals surface area contributed by atoms with Crippen molar-refractivity contribution in [3.05, 3.63) is 16.7 Å². The topological polar surface area (TPSA) is 53.7 Å². The average molecular weight is 272 g/mol. The molecule has 0 bridgehead atoms. The fourth-order valence-corrected chi connectivity index (χ4v) is 2.34. The summed E-state index contributed by atoms with van der Waals surface area (Å²) in [6, 6.07) is 1.76. The van der Waals surface area contributed by atoms with Crippen LogP contribution in [0.5, 0.6) is 17.2 Å². The predicted molar refractivity (Wildman–Crippen MR) is 71.0 cm³/mol. The highest BCUT2D eigenvalue weighted by Crippen LogP contribution is 2.44. The van der Waals surface area contributed by atoms with Crippen molar-refractivity contribution in [2.24, 2.45) is 5.73 Å². The average Bonchev–Trinajstić information content (AvgIpc) is 2.60. The van der Waals surface area contributed by atoms with Crippen LogP contribution in [0.15, 0.2) is 6.07 Å². The van der Waals surface area contributed by atoms with Crippen LogP contribution in [0.2, 0.25) is 5.02 Å². The Balaban J connectivity index is 2.46. The van der Waals surface area contributed by atoms with Gasteiger partial charge in [-0.05, 0) is 19.4 Å². The summed E-state index contributed by atoms with van der Waals surface area (Å²) in [5.41, 5.74) is 6.52. The van der Waals surface area contributed by atoms with Crippen molar-refractivity contribution in [2.45, 2.75) is 19.3 Å². The summed E-state index contributed by atoms with van der Waals surface area (Å²) in [5, 5.41) is 0.550. The van der Waals surface area contributed by atoms with Gasteiger partial charge in [-0.25, -0.2) is 0 Å². The van der Waals surface area contributed by atoms with Gasteiger partial charge in [0.15, 0.2) is 11.5 Å². The van der Waals surface area contributed by atoms with Crippen LogP contribution in [0, 0.1) is 0 Å². The largest absolute Gasteiger partial charge is 0.495 e. The van der Waals surface area contributed by atoms with Gasteiger partial charge in [0.05, 0.1) is 25.3 Å². The van der Waals surface area contributed by atoms with Gasteiger partial charge in [0.2, 0.25) is 0 Å². The minimum atomic E-state index is 0.550. The minimum Gasteiger partial charge on any atom is -0.495 e. The summed E-state index contributed by atoms with van der Waals surface area (Å²) < 4.78 is 16.8. The van der Waals surface area contributed by atoms with Gasteiger partial charge in [-0.15, -0.1) is 0 Å². The standard InChI is InChI=1S/C13H18ClNO3/c1-16-12-9(4-2-5-15)13-11(8-10(12)14)17-6-3-7-18-13/h8H,2-7,15H2,1H3. The summed E-state index contributed by atoms with van der Waals surface area (Å²) >= 11 is 6.21. The van der Waals surface area contributed by atoms with Crippen molar-refractivity contribution in [3.63, 3.8) is 0 Å². The van der Waals surface area contributed by atoms with Crippen LogP contribution in [0.1, 0.15) is 18.4 Å². The second-order valence-corrected chi connectivity index (χ2v) is 4.55. The number of halogens is 1. The number of benzene rings is 1. The Morgan fingerprint density at radius 3 is 2.89 bits per heavy atom. The van der Waals surface area contributed by atoms with Gasteiger partial charge in [-0.3, -0.25) is 0 Å². The van der Waals surface area contributed by atoms with Crippen molar-refractivity contribution < 1.29 is 14.2 Å². The molecule has 0 unspecified atom stereocenters. The molecule has 100 valence electrons. The Morgan fingerprint density at radius 2 is 2.17 bits per heavy atom. The molecule has 0 amide bonds. The fourth-order valence-electron chi connectivity index (χ4n) is 2.05. The van der Waals surface area contributed by atoms with Crippen molar-refractivity contribution in [3.8, 4) is 17.2 Å². The van der Waals surface area contributed by atoms with Crippen molar-refractivity contribution >= 4 is 11.6 Å². The summed E-state index contributed by atoms with van der Waals surface area (Å²) in [5.74, 6) is 2.11. The molecule has 0 aromatic heterocycles. The van der Waals surface area contributed by atoms with Gasteiger partial charge in [-0.1, -0.05) is 11.6 Å². The Hall–Kier alpha value is -1.13. The second kappa shape index (κ2) is 6.16. The van der Waals surface area contributed by atoms with E-state index in [1.54, 1.807) is 13.2 Å². The molecule has 4 nitrogen and oxygen atoms in total. The number of nitrogens with two attached hydrogens (primary N) is 1. The first-order valence-electron chi connectivity index (χ1n) is 6.13. The monoisotopic (exact) mass is 271 g/mol. The molecule has 0 saturated carbocycles. The van der Waals surface area contributed by atoms with Crippen molar-refractivity contribution in [1.29, 1.82) is 0 Å². The van der Waals surface area contributed by atoms with Gasteiger partial charge in [-0.2, -0.15) is 0 Å². The number of ether oxygens (including phenoxy) is 3. The molecule has 5 heteroatoms. The zero-order chi connectivity index (χ0) is 13.0. The van der Waals surface area contributed by atoms with Crippen LogP contribution < -0.4 is 19.9 Å². The van der Waals surface area contributed by atoms with Gasteiger partial charge in [0, 0.05) is 18.1 Å². The first-order valence-corrected chi connectivity index (χ1v) is 6.50. The van der Waals surface area contributed by atoms with Crippen LogP contribution in [0.3, 0.4) is 0 Å². The summed E-state index contributed by atoms with van der Waals surface area (Å²) in [7, 11) is 1.61. The number of rotatable bonds is 4. The maximum Gasteiger partial charge on any atom is 0.168 e. The molecule has 1 aromatic rings. The minimum absolute atomic E-state index is 0.550. The fraction of sp³-hybridized carbons (Fsp3) is 0.538. The van der Waals surface area contributed by atoms with E-state index in [2.05, 4.69) is 0 Å². The van der Waals surface area contributed by atoms with E-state index >= 15 is 0 Å². The molecule has 2 rings (SSSR count). The molecule has 0 fully saturated rings. The van der Waals surface area contributed by atoms with Crippen molar-refractivity contribution in [1.82, 2.24) is 0 Å². The van der Waals surface area contributed by atoms with Crippen LogP contribution in [0.4, 0.5) is 0 Å². The highest BCUT2D eigenvalue weighted by Gasteiger charge is 2.21. The number of methoxy groups -OCH3 is 1. The lowest BCUT2D eigenvalue weighted by Gasteiger charge is -2.17. The van der Waals surface area contributed by atoms with Gasteiger partial charge < -0.3 is 19.9 Å². The predicted octanol–water partition coefficient (Wildman–Crippen LogP) is 2.40. The van der Waals surface area contributed by atoms with E-state index in [1.165, 1.54) is 0 Å². The van der Waals surface area contributed by atoms with E-state index < -0.39 is 0 Å². The molecule has 0 spiro atoms. The maximum atomic E-state index is 6.21. The molecule has 0 radical (unpaired) electrons. The Labute approximate surface area is 112 Å². The van der Waals surface area contributed by atoms with Crippen LogP contribution >= 0.6 is 11.6 Å². The summed E-state index contributed by atoms with van der Waals surface area (Å²) in [4.78, 5) is 0. The van der Waals surface area contributed by atoms with Crippen molar-refractivity contribution in [2.75, 3.05) is 26.9 Å². The lowest BCUT2D eigenvalue weighted by molar-refractivity contribution is 0.295. The smallest absolute Gasteiger partial charge is 0.168 e. The lowest BCUT2D eigenvalue weighted by Crippen LogP contribution is -2.05. The van der Waals surface area contributed by atoms with Gasteiger partial charge in [0.25, 0.3) is 0 Å². The summed E-state index contributed by atoms with van der Waals surface area (Å²) in [6.07, 6.45) is 2.49. The van der Waals surface area contributed by atoms with E-state index in [4.69, 9.17) is 31.5 Å². The Bertz CT molecular complexity index is 423. The third-order valence-corrected chi connectivity index (χ3v) is 3.16. The molecule has 2 N–H and O–H groups in total. The van der Waals surface area contributed by atoms with E-state index in [9.17, 15) is 0 Å². The van der Waals surface area contributed by atoms with E-state index in [0.29, 0.717) is 36.3 Å². The van der Waals surface area contributed by atoms with E-state index in [1.807, 2.05) is 0 Å². The Kier molecular flexibility index (Phi) is 4.55. The lowest BCUT2D eigenvalue weighted by atomic mass is 10.1. The number of fused-ring (bicyclic) bond motifs is 1. The van der Waals surface area contributed by atoms with Crippen LogP contribution in [-0.4, -0.2) is 26.9 Å². The molecule has 0 saturated heterocycles. The van der Waals surface area contributed by atoms with Crippen LogP contribution in [-0.2, 0) is 6.42 Å². The molecule has 1 aliphatic rings. The molecular weight excluding hydrogens is 254 g/mol. The normalized spacial score (nSPS) is 14.2. The molecule has 1 heterocycles. The third-order valence-electron chi connectivity index (χ3n) is 2.87. The zero-order valence-electron chi connectivity index (χ0n) is 10.5. The molecule has 0 aliphatic carbocycles. The SMILES string of the molecule is COc1c(Cl)cc2c(c1CCCN)OCCCO2. The number of hydrogen-bond donors (Lipinski definition) is 1. The maximum absolute atomic E-state index is 6.21. The quantitative estimate of drug-likeness (QED) is 0.914. The molecule has 1 aliphatic heterocycles. The Morgan fingerprint density at radius 1 is 1.39 bits per heavy atom. The highest BCUT2D eigenvalue weighted by atomic mass is 35.5.